The fraction of sp³-hybridized carbons (Fsp3) is 0.481. The molecule has 0 saturated carbocycles. The summed E-state index contributed by atoms with van der Waals surface area (Å²) in [6.07, 6.45) is -0.523. The molecule has 0 aliphatic rings. The smallest absolute Gasteiger partial charge is 0.326 e. The lowest BCUT2D eigenvalue weighted by molar-refractivity contribution is -0.142. The monoisotopic (exact) mass is 634 g/mol. The molecule has 18 nitrogen and oxygen atoms in total. The highest BCUT2D eigenvalue weighted by atomic mass is 16.4. The maximum atomic E-state index is 13.3. The van der Waals surface area contributed by atoms with Crippen LogP contribution in [0.25, 0.3) is 0 Å². The molecule has 1 aromatic carbocycles. The second-order valence-corrected chi connectivity index (χ2v) is 10.1. The topological polar surface area (TPSA) is 328 Å². The first-order valence-electron chi connectivity index (χ1n) is 14.0. The molecule has 0 heterocycles. The lowest BCUT2D eigenvalue weighted by atomic mass is 10.0. The van der Waals surface area contributed by atoms with Crippen molar-refractivity contribution in [2.75, 3.05) is 13.1 Å². The van der Waals surface area contributed by atoms with Gasteiger partial charge in [-0.2, -0.15) is 0 Å². The zero-order valence-corrected chi connectivity index (χ0v) is 24.7. The molecular formula is C27H42N10O8. The summed E-state index contributed by atoms with van der Waals surface area (Å²) in [4.78, 5) is 85.5. The Morgan fingerprint density at radius 1 is 0.733 bits per heavy atom. The van der Waals surface area contributed by atoms with Gasteiger partial charge < -0.3 is 54.6 Å². The van der Waals surface area contributed by atoms with E-state index in [4.69, 9.17) is 28.3 Å². The molecule has 248 valence electrons. The fourth-order valence-corrected chi connectivity index (χ4v) is 3.92. The van der Waals surface area contributed by atoms with Crippen molar-refractivity contribution in [1.29, 1.82) is 5.41 Å². The van der Waals surface area contributed by atoms with Crippen LogP contribution < -0.4 is 49.5 Å². The Hall–Kier alpha value is -5.26. The summed E-state index contributed by atoms with van der Waals surface area (Å²) in [5.74, 6) is -6.26. The first-order valence-corrected chi connectivity index (χ1v) is 14.0. The van der Waals surface area contributed by atoms with E-state index in [1.807, 2.05) is 0 Å². The van der Waals surface area contributed by atoms with Gasteiger partial charge in [-0.05, 0) is 31.2 Å². The van der Waals surface area contributed by atoms with Crippen LogP contribution in [0.15, 0.2) is 30.3 Å². The Kier molecular flexibility index (Phi) is 16.6. The van der Waals surface area contributed by atoms with Gasteiger partial charge in [0.25, 0.3) is 0 Å². The molecule has 0 aliphatic carbocycles. The minimum atomic E-state index is -1.34. The number of amides is 6. The second-order valence-electron chi connectivity index (χ2n) is 10.1. The molecule has 0 aliphatic heterocycles. The molecule has 0 bridgehead atoms. The highest BCUT2D eigenvalue weighted by molar-refractivity contribution is 5.95. The molecular weight excluding hydrogens is 592 g/mol. The lowest BCUT2D eigenvalue weighted by Crippen LogP contribution is -2.57. The fourth-order valence-electron chi connectivity index (χ4n) is 3.92. The molecule has 45 heavy (non-hydrogen) atoms. The standard InChI is InChI=1S/C27H42N10O8/c28-16(8-10-20(29)38)23(41)36-17(9-11-21(30)39)25(43)37-19(13-15-5-2-1-3-6-15)24(42)34-14-22(40)35-18(26(44)45)7-4-12-33-27(31)32/h1-3,5-6,16-19H,4,7-14,28H2,(H2,29,38)(H2,30,39)(H,34,42)(H,35,40)(H,36,41)(H,37,43)(H,44,45)(H4,31,32,33)/t16-,17-,18-,19-/m0/s1. The third-order valence-corrected chi connectivity index (χ3v) is 6.31. The molecule has 0 aromatic heterocycles. The van der Waals surface area contributed by atoms with Crippen LogP contribution in [0.3, 0.4) is 0 Å². The van der Waals surface area contributed by atoms with Crippen LogP contribution in [-0.4, -0.2) is 89.7 Å². The molecule has 0 spiro atoms. The van der Waals surface area contributed by atoms with Gasteiger partial charge in [-0.1, -0.05) is 30.3 Å². The predicted octanol–water partition coefficient (Wildman–Crippen LogP) is -3.99. The number of carbonyl (C=O) groups is 7. The molecule has 0 unspecified atom stereocenters. The average Bonchev–Trinajstić information content (AvgIpc) is 2.97. The largest absolute Gasteiger partial charge is 0.480 e. The van der Waals surface area contributed by atoms with Gasteiger partial charge in [0.1, 0.15) is 18.1 Å². The van der Waals surface area contributed by atoms with E-state index in [9.17, 15) is 38.7 Å². The van der Waals surface area contributed by atoms with Crippen LogP contribution in [-0.2, 0) is 40.0 Å². The van der Waals surface area contributed by atoms with Crippen LogP contribution in [0.1, 0.15) is 44.1 Å². The molecule has 1 rings (SSSR count). The van der Waals surface area contributed by atoms with Crippen molar-refractivity contribution in [1.82, 2.24) is 26.6 Å². The summed E-state index contributed by atoms with van der Waals surface area (Å²) in [6, 6.07) is 3.48. The lowest BCUT2D eigenvalue weighted by Gasteiger charge is -2.24. The first kappa shape index (κ1) is 37.8. The SMILES string of the molecule is N=C(N)NCCC[C@H](NC(=O)CNC(=O)[C@H](Cc1ccccc1)NC(=O)[C@H](CCC(N)=O)NC(=O)[C@@H](N)CCC(N)=O)C(=O)O. The third kappa shape index (κ3) is 16.2. The van der Waals surface area contributed by atoms with Gasteiger partial charge in [-0.3, -0.25) is 34.2 Å². The number of benzene rings is 1. The van der Waals surface area contributed by atoms with Gasteiger partial charge in [-0.15, -0.1) is 0 Å². The number of rotatable bonds is 21. The van der Waals surface area contributed by atoms with Crippen molar-refractivity contribution in [3.8, 4) is 0 Å². The van der Waals surface area contributed by atoms with E-state index in [0.717, 1.165) is 0 Å². The number of nitrogens with two attached hydrogens (primary N) is 4. The normalized spacial score (nSPS) is 13.2. The van der Waals surface area contributed by atoms with Gasteiger partial charge in [0.05, 0.1) is 12.6 Å². The summed E-state index contributed by atoms with van der Waals surface area (Å²) >= 11 is 0. The van der Waals surface area contributed by atoms with Crippen LogP contribution in [0.4, 0.5) is 0 Å². The second kappa shape index (κ2) is 19.8. The Labute approximate surface area is 259 Å². The Morgan fingerprint density at radius 2 is 1.33 bits per heavy atom. The molecule has 4 atom stereocenters. The van der Waals surface area contributed by atoms with E-state index in [1.54, 1.807) is 30.3 Å². The highest BCUT2D eigenvalue weighted by Gasteiger charge is 2.29. The molecule has 0 fully saturated rings. The van der Waals surface area contributed by atoms with E-state index in [1.165, 1.54) is 0 Å². The Balaban J connectivity index is 2.98. The number of guanidine groups is 1. The summed E-state index contributed by atoms with van der Waals surface area (Å²) in [6.45, 7) is -0.404. The van der Waals surface area contributed by atoms with E-state index in [2.05, 4.69) is 26.6 Å². The first-order chi connectivity index (χ1) is 21.2. The van der Waals surface area contributed by atoms with Gasteiger partial charge >= 0.3 is 5.97 Å². The number of carboxylic acids is 1. The Bertz CT molecular complexity index is 1210. The Morgan fingerprint density at radius 3 is 1.91 bits per heavy atom. The van der Waals surface area contributed by atoms with Crippen molar-refractivity contribution in [2.24, 2.45) is 22.9 Å². The molecule has 1 aromatic rings. The quantitative estimate of drug-likeness (QED) is 0.0351. The summed E-state index contributed by atoms with van der Waals surface area (Å²) in [7, 11) is 0. The molecule has 15 N–H and O–H groups in total. The van der Waals surface area contributed by atoms with Gasteiger partial charge in [0, 0.05) is 25.8 Å². The predicted molar refractivity (Wildman–Crippen MR) is 161 cm³/mol. The highest BCUT2D eigenvalue weighted by Crippen LogP contribution is 2.07. The molecule has 0 radical (unpaired) electrons. The zero-order chi connectivity index (χ0) is 33.9. The van der Waals surface area contributed by atoms with E-state index >= 15 is 0 Å². The van der Waals surface area contributed by atoms with E-state index in [0.29, 0.717) is 5.56 Å². The van der Waals surface area contributed by atoms with Crippen molar-refractivity contribution in [3.05, 3.63) is 35.9 Å². The van der Waals surface area contributed by atoms with Gasteiger partial charge in [0.15, 0.2) is 5.96 Å². The van der Waals surface area contributed by atoms with Crippen molar-refractivity contribution in [3.63, 3.8) is 0 Å². The van der Waals surface area contributed by atoms with Gasteiger partial charge in [0.2, 0.25) is 35.4 Å². The minimum Gasteiger partial charge on any atom is -0.480 e. The maximum Gasteiger partial charge on any atom is 0.326 e. The van der Waals surface area contributed by atoms with Crippen LogP contribution in [0.5, 0.6) is 0 Å². The average molecular weight is 635 g/mol. The minimum absolute atomic E-state index is 0.0204. The van der Waals surface area contributed by atoms with Crippen molar-refractivity contribution in [2.45, 2.75) is 69.1 Å². The maximum absolute atomic E-state index is 13.3. The number of primary amides is 2. The molecule has 0 saturated heterocycles. The van der Waals surface area contributed by atoms with E-state index in [-0.39, 0.29) is 57.5 Å². The zero-order valence-electron chi connectivity index (χ0n) is 24.7. The number of carbonyl (C=O) groups excluding carboxylic acids is 6. The number of aliphatic carboxylic acids is 1. The number of hydrogen-bond acceptors (Lipinski definition) is 9. The summed E-state index contributed by atoms with van der Waals surface area (Å²) in [5, 5.41) is 28.6. The molecule has 6 amide bonds. The van der Waals surface area contributed by atoms with Crippen LogP contribution in [0.2, 0.25) is 0 Å². The van der Waals surface area contributed by atoms with Crippen molar-refractivity contribution >= 4 is 47.4 Å². The van der Waals surface area contributed by atoms with Crippen LogP contribution in [0, 0.1) is 5.41 Å². The van der Waals surface area contributed by atoms with Crippen LogP contribution >= 0.6 is 0 Å². The number of hydrogen-bond donors (Lipinski definition) is 11. The number of nitrogens with one attached hydrogen (secondary N) is 6. The van der Waals surface area contributed by atoms with Gasteiger partial charge in [-0.25, -0.2) is 4.79 Å². The number of carboxylic acid groups (broad SMARTS) is 1. The summed E-state index contributed by atoms with van der Waals surface area (Å²) in [5.41, 5.74) is 21.9. The molecule has 18 heteroatoms. The van der Waals surface area contributed by atoms with E-state index < -0.39 is 72.1 Å². The van der Waals surface area contributed by atoms with Crippen molar-refractivity contribution < 1.29 is 38.7 Å². The third-order valence-electron chi connectivity index (χ3n) is 6.31. The summed E-state index contributed by atoms with van der Waals surface area (Å²) < 4.78 is 0.